The van der Waals surface area contributed by atoms with Gasteiger partial charge in [0.05, 0.1) is 16.3 Å². The highest BCUT2D eigenvalue weighted by Gasteiger charge is 2.22. The molecule has 0 amide bonds. The summed E-state index contributed by atoms with van der Waals surface area (Å²) in [5.74, 6) is 1.73. The maximum Gasteiger partial charge on any atom is 0.210 e. The van der Waals surface area contributed by atoms with Gasteiger partial charge in [0.2, 0.25) is 9.84 Å². The van der Waals surface area contributed by atoms with Gasteiger partial charge in [-0.3, -0.25) is 0 Å². The summed E-state index contributed by atoms with van der Waals surface area (Å²) >= 11 is 3.38. The van der Waals surface area contributed by atoms with E-state index in [4.69, 9.17) is 20.9 Å². The fourth-order valence-electron chi connectivity index (χ4n) is 2.98. The van der Waals surface area contributed by atoms with Crippen molar-refractivity contribution in [3.63, 3.8) is 0 Å². The van der Waals surface area contributed by atoms with Crippen molar-refractivity contribution in [1.29, 1.82) is 0 Å². The second-order valence-electron chi connectivity index (χ2n) is 6.87. The van der Waals surface area contributed by atoms with E-state index in [0.29, 0.717) is 28.6 Å². The molecule has 0 radical (unpaired) electrons. The topological polar surface area (TPSA) is 105 Å². The van der Waals surface area contributed by atoms with E-state index < -0.39 is 9.84 Å². The summed E-state index contributed by atoms with van der Waals surface area (Å²) in [7, 11) is -3.83. The van der Waals surface area contributed by atoms with Gasteiger partial charge >= 0.3 is 0 Å². The van der Waals surface area contributed by atoms with Crippen molar-refractivity contribution < 1.29 is 17.9 Å². The van der Waals surface area contributed by atoms with Crippen molar-refractivity contribution in [2.24, 2.45) is 0 Å². The normalized spacial score (nSPS) is 11.2. The Labute approximate surface area is 194 Å². The van der Waals surface area contributed by atoms with Crippen LogP contribution in [0.3, 0.4) is 0 Å². The monoisotopic (exact) mass is 510 g/mol. The van der Waals surface area contributed by atoms with Crippen LogP contribution in [0.1, 0.15) is 0 Å². The fraction of sp³-hybridized carbons (Fsp3) is 0. The number of para-hydroxylation sites is 1. The maximum atomic E-state index is 13.3. The summed E-state index contributed by atoms with van der Waals surface area (Å²) < 4.78 is 39.0. The minimum Gasteiger partial charge on any atom is -0.457 e. The van der Waals surface area contributed by atoms with Gasteiger partial charge in [-0.15, -0.1) is 0 Å². The molecule has 8 heteroatoms. The summed E-state index contributed by atoms with van der Waals surface area (Å²) in [6.45, 7) is 0. The molecule has 162 valence electrons. The van der Waals surface area contributed by atoms with E-state index in [1.165, 1.54) is 18.2 Å². The van der Waals surface area contributed by atoms with E-state index in [0.717, 1.165) is 4.47 Å². The molecule has 32 heavy (non-hydrogen) atoms. The van der Waals surface area contributed by atoms with Gasteiger partial charge in [0.15, 0.2) is 0 Å². The third-order valence-electron chi connectivity index (χ3n) is 4.59. The van der Waals surface area contributed by atoms with Gasteiger partial charge in [0.25, 0.3) is 0 Å². The average molecular weight is 511 g/mol. The molecule has 0 saturated carbocycles. The Kier molecular flexibility index (Phi) is 6.07. The number of benzene rings is 4. The molecule has 0 atom stereocenters. The lowest BCUT2D eigenvalue weighted by Gasteiger charge is -2.13. The molecular formula is C24H19BrN2O4S. The number of sulfone groups is 1. The minimum absolute atomic E-state index is 0.0694. The van der Waals surface area contributed by atoms with E-state index >= 15 is 0 Å². The summed E-state index contributed by atoms with van der Waals surface area (Å²) in [4.78, 5) is 0.187. The molecule has 0 aliphatic heterocycles. The highest BCUT2D eigenvalue weighted by molar-refractivity contribution is 9.10. The van der Waals surface area contributed by atoms with Crippen LogP contribution in [0.25, 0.3) is 0 Å². The molecule has 0 aromatic heterocycles. The lowest BCUT2D eigenvalue weighted by Crippen LogP contribution is -2.04. The van der Waals surface area contributed by atoms with Crippen LogP contribution in [0.5, 0.6) is 23.0 Å². The molecule has 4 aromatic carbocycles. The molecule has 0 heterocycles. The molecule has 0 aliphatic rings. The second-order valence-corrected chi connectivity index (χ2v) is 9.71. The first-order valence-corrected chi connectivity index (χ1v) is 11.8. The van der Waals surface area contributed by atoms with E-state index in [1.54, 1.807) is 60.7 Å². The first-order valence-electron chi connectivity index (χ1n) is 9.53. The molecule has 6 nitrogen and oxygen atoms in total. The Hall–Kier alpha value is -3.49. The van der Waals surface area contributed by atoms with Gasteiger partial charge in [0.1, 0.15) is 27.9 Å². The minimum atomic E-state index is -3.83. The first-order chi connectivity index (χ1) is 15.3. The van der Waals surface area contributed by atoms with Crippen LogP contribution >= 0.6 is 15.9 Å². The van der Waals surface area contributed by atoms with Gasteiger partial charge in [-0.2, -0.15) is 0 Å². The Bertz CT molecular complexity index is 1370. The summed E-state index contributed by atoms with van der Waals surface area (Å²) in [5, 5.41) is 0. The first kappa shape index (κ1) is 21.7. The zero-order valence-corrected chi connectivity index (χ0v) is 19.1. The third kappa shape index (κ3) is 4.71. The van der Waals surface area contributed by atoms with Crippen molar-refractivity contribution in [2.45, 2.75) is 9.79 Å². The Morgan fingerprint density at radius 2 is 1.34 bits per heavy atom. The van der Waals surface area contributed by atoms with Gasteiger partial charge in [-0.25, -0.2) is 8.42 Å². The SMILES string of the molecule is Nc1ccc(Oc2ccc(S(=O)(=O)c3ccccc3Oc3cccc(Br)c3)cc2)cc1N. The van der Waals surface area contributed by atoms with Gasteiger partial charge in [-0.1, -0.05) is 34.1 Å². The lowest BCUT2D eigenvalue weighted by atomic mass is 10.2. The third-order valence-corrected chi connectivity index (χ3v) is 6.89. The number of nitrogen functional groups attached to an aromatic ring is 2. The fourth-order valence-corrected chi connectivity index (χ4v) is 4.74. The summed E-state index contributed by atoms with van der Waals surface area (Å²) in [6, 6.07) is 24.8. The lowest BCUT2D eigenvalue weighted by molar-refractivity contribution is 0.467. The van der Waals surface area contributed by atoms with Crippen LogP contribution in [0, 0.1) is 0 Å². The highest BCUT2D eigenvalue weighted by Crippen LogP contribution is 2.34. The van der Waals surface area contributed by atoms with Gasteiger partial charge in [-0.05, 0) is 66.7 Å². The smallest absolute Gasteiger partial charge is 0.210 e. The highest BCUT2D eigenvalue weighted by atomic mass is 79.9. The van der Waals surface area contributed by atoms with Crippen molar-refractivity contribution in [3.8, 4) is 23.0 Å². The zero-order valence-electron chi connectivity index (χ0n) is 16.7. The molecule has 0 fully saturated rings. The number of anilines is 2. The molecule has 0 spiro atoms. The molecule has 0 bridgehead atoms. The largest absolute Gasteiger partial charge is 0.457 e. The Balaban J connectivity index is 1.60. The molecular weight excluding hydrogens is 492 g/mol. The second kappa shape index (κ2) is 8.94. The molecule has 4 rings (SSSR count). The van der Waals surface area contributed by atoms with Crippen LogP contribution in [0.2, 0.25) is 0 Å². The Morgan fingerprint density at radius 1 is 0.656 bits per heavy atom. The maximum absolute atomic E-state index is 13.3. The van der Waals surface area contributed by atoms with Gasteiger partial charge < -0.3 is 20.9 Å². The molecule has 4 N–H and O–H groups in total. The summed E-state index contributed by atoms with van der Waals surface area (Å²) in [6.07, 6.45) is 0. The van der Waals surface area contributed by atoms with E-state index in [-0.39, 0.29) is 15.5 Å². The zero-order chi connectivity index (χ0) is 22.7. The predicted molar refractivity (Wildman–Crippen MR) is 128 cm³/mol. The molecule has 4 aromatic rings. The van der Waals surface area contributed by atoms with Crippen molar-refractivity contribution in [3.05, 3.63) is 95.5 Å². The summed E-state index contributed by atoms with van der Waals surface area (Å²) in [5.41, 5.74) is 12.4. The Morgan fingerprint density at radius 3 is 2.06 bits per heavy atom. The van der Waals surface area contributed by atoms with E-state index in [2.05, 4.69) is 15.9 Å². The van der Waals surface area contributed by atoms with E-state index in [1.807, 2.05) is 12.1 Å². The number of nitrogens with two attached hydrogens (primary N) is 2. The molecule has 0 aliphatic carbocycles. The van der Waals surface area contributed by atoms with Crippen molar-refractivity contribution in [1.82, 2.24) is 0 Å². The number of hydrogen-bond acceptors (Lipinski definition) is 6. The molecule has 0 unspecified atom stereocenters. The van der Waals surface area contributed by atoms with E-state index in [9.17, 15) is 8.42 Å². The number of halogens is 1. The van der Waals surface area contributed by atoms with Gasteiger partial charge in [0, 0.05) is 10.5 Å². The van der Waals surface area contributed by atoms with Crippen molar-refractivity contribution >= 4 is 37.1 Å². The standard InChI is InChI=1S/C24H19BrN2O4S/c25-16-4-3-5-18(14-16)31-23-6-1-2-7-24(23)32(28,29)20-11-8-17(9-12-20)30-19-10-13-21(26)22(27)15-19/h1-15H,26-27H2. The van der Waals surface area contributed by atoms with Crippen LogP contribution in [0.15, 0.2) is 105 Å². The van der Waals surface area contributed by atoms with Crippen LogP contribution in [-0.2, 0) is 9.84 Å². The average Bonchev–Trinajstić information content (AvgIpc) is 2.77. The number of rotatable bonds is 6. The van der Waals surface area contributed by atoms with Crippen LogP contribution < -0.4 is 20.9 Å². The number of ether oxygens (including phenoxy) is 2. The predicted octanol–water partition coefficient (Wildman–Crippen LogP) is 6.03. The number of hydrogen-bond donors (Lipinski definition) is 2. The van der Waals surface area contributed by atoms with Crippen LogP contribution in [0.4, 0.5) is 11.4 Å². The quantitative estimate of drug-likeness (QED) is 0.306. The van der Waals surface area contributed by atoms with Crippen molar-refractivity contribution in [2.75, 3.05) is 11.5 Å². The van der Waals surface area contributed by atoms with Crippen LogP contribution in [-0.4, -0.2) is 8.42 Å². The molecule has 0 saturated heterocycles.